The fraction of sp³-hybridized carbons (Fsp3) is 0.188. The van der Waals surface area contributed by atoms with E-state index in [1.165, 1.54) is 17.7 Å². The lowest BCUT2D eigenvalue weighted by Crippen LogP contribution is -2.10. The van der Waals surface area contributed by atoms with Crippen molar-refractivity contribution in [1.82, 2.24) is 0 Å². The predicted octanol–water partition coefficient (Wildman–Crippen LogP) is 4.51. The summed E-state index contributed by atoms with van der Waals surface area (Å²) in [5.41, 5.74) is 2.79. The second-order valence-corrected chi connectivity index (χ2v) is 5.45. The first-order valence-electron chi connectivity index (χ1n) is 6.63. The van der Waals surface area contributed by atoms with Crippen LogP contribution in [0.2, 0.25) is 0 Å². The Morgan fingerprint density at radius 3 is 2.43 bits per heavy atom. The largest absolute Gasteiger partial charge is 0.346 e. The number of hydrogen-bond acceptors (Lipinski definition) is 3. The Bertz CT molecular complexity index is 666. The van der Waals surface area contributed by atoms with Gasteiger partial charge < -0.3 is 5.32 Å². The SMILES string of the molecule is CC(C)c1ccc(NC(=S)c2cccc([N+](=O)[O-])c2)cc1. The number of nitro benzene ring substituents is 1. The lowest BCUT2D eigenvalue weighted by Gasteiger charge is -2.10. The summed E-state index contributed by atoms with van der Waals surface area (Å²) in [6, 6.07) is 14.3. The van der Waals surface area contributed by atoms with E-state index in [4.69, 9.17) is 12.2 Å². The first kappa shape index (κ1) is 15.1. The highest BCUT2D eigenvalue weighted by atomic mass is 32.1. The van der Waals surface area contributed by atoms with Crippen LogP contribution < -0.4 is 5.32 Å². The Morgan fingerprint density at radius 2 is 1.86 bits per heavy atom. The van der Waals surface area contributed by atoms with Crippen molar-refractivity contribution in [3.05, 3.63) is 69.8 Å². The van der Waals surface area contributed by atoms with Gasteiger partial charge in [-0.3, -0.25) is 10.1 Å². The highest BCUT2D eigenvalue weighted by molar-refractivity contribution is 7.81. The molecule has 1 N–H and O–H groups in total. The Labute approximate surface area is 129 Å². The molecule has 0 aliphatic rings. The molecule has 0 bridgehead atoms. The van der Waals surface area contributed by atoms with Crippen molar-refractivity contribution in [2.75, 3.05) is 5.32 Å². The zero-order chi connectivity index (χ0) is 15.4. The smallest absolute Gasteiger partial charge is 0.270 e. The van der Waals surface area contributed by atoms with Gasteiger partial charge in [0.1, 0.15) is 4.99 Å². The molecule has 0 unspecified atom stereocenters. The summed E-state index contributed by atoms with van der Waals surface area (Å²) in [4.78, 5) is 10.8. The van der Waals surface area contributed by atoms with E-state index in [1.807, 2.05) is 24.3 Å². The molecular weight excluding hydrogens is 284 g/mol. The van der Waals surface area contributed by atoms with Crippen LogP contribution in [0.3, 0.4) is 0 Å². The van der Waals surface area contributed by atoms with Crippen LogP contribution >= 0.6 is 12.2 Å². The highest BCUT2D eigenvalue weighted by Crippen LogP contribution is 2.19. The fourth-order valence-corrected chi connectivity index (χ4v) is 2.16. The minimum atomic E-state index is -0.427. The molecule has 0 heterocycles. The average molecular weight is 300 g/mol. The van der Waals surface area contributed by atoms with Crippen LogP contribution in [0.15, 0.2) is 48.5 Å². The van der Waals surface area contributed by atoms with Crippen LogP contribution in [-0.2, 0) is 0 Å². The van der Waals surface area contributed by atoms with E-state index in [2.05, 4.69) is 19.2 Å². The third-order valence-corrected chi connectivity index (χ3v) is 3.49. The summed E-state index contributed by atoms with van der Waals surface area (Å²) < 4.78 is 0. The van der Waals surface area contributed by atoms with Gasteiger partial charge >= 0.3 is 0 Å². The molecule has 0 saturated heterocycles. The van der Waals surface area contributed by atoms with E-state index >= 15 is 0 Å². The third-order valence-electron chi connectivity index (χ3n) is 3.15. The van der Waals surface area contributed by atoms with Gasteiger partial charge in [0, 0.05) is 23.4 Å². The van der Waals surface area contributed by atoms with Gasteiger partial charge in [0.25, 0.3) is 5.69 Å². The molecule has 0 atom stereocenters. The molecule has 0 aromatic heterocycles. The van der Waals surface area contributed by atoms with Gasteiger partial charge in [0.05, 0.1) is 4.92 Å². The molecule has 0 amide bonds. The standard InChI is InChI=1S/C16H16N2O2S/c1-11(2)12-6-8-14(9-7-12)17-16(21)13-4-3-5-15(10-13)18(19)20/h3-11H,1-2H3,(H,17,21). The molecule has 0 aliphatic heterocycles. The molecular formula is C16H16N2O2S. The quantitative estimate of drug-likeness (QED) is 0.513. The summed E-state index contributed by atoms with van der Waals surface area (Å²) in [6.07, 6.45) is 0. The molecule has 0 aliphatic carbocycles. The predicted molar refractivity (Wildman–Crippen MR) is 89.0 cm³/mol. The molecule has 2 aromatic carbocycles. The molecule has 2 rings (SSSR count). The third kappa shape index (κ3) is 3.86. The molecule has 0 fully saturated rings. The van der Waals surface area contributed by atoms with Gasteiger partial charge in [-0.05, 0) is 23.6 Å². The first-order chi connectivity index (χ1) is 9.97. The average Bonchev–Trinajstić information content (AvgIpc) is 2.48. The molecule has 0 spiro atoms. The van der Waals surface area contributed by atoms with Crippen LogP contribution in [0.4, 0.5) is 11.4 Å². The van der Waals surface area contributed by atoms with Gasteiger partial charge in [0.15, 0.2) is 0 Å². The fourth-order valence-electron chi connectivity index (χ4n) is 1.92. The Kier molecular flexibility index (Phi) is 4.65. The lowest BCUT2D eigenvalue weighted by molar-refractivity contribution is -0.384. The zero-order valence-electron chi connectivity index (χ0n) is 11.9. The van der Waals surface area contributed by atoms with Crippen LogP contribution in [-0.4, -0.2) is 9.91 Å². The summed E-state index contributed by atoms with van der Waals surface area (Å²) in [6.45, 7) is 4.27. The van der Waals surface area contributed by atoms with Crippen LogP contribution in [0.1, 0.15) is 30.9 Å². The number of thiocarbonyl (C=S) groups is 1. The minimum absolute atomic E-state index is 0.0341. The van der Waals surface area contributed by atoms with Crippen LogP contribution in [0.25, 0.3) is 0 Å². The Morgan fingerprint density at radius 1 is 1.19 bits per heavy atom. The van der Waals surface area contributed by atoms with Crippen molar-refractivity contribution in [2.24, 2.45) is 0 Å². The van der Waals surface area contributed by atoms with Crippen molar-refractivity contribution in [1.29, 1.82) is 0 Å². The van der Waals surface area contributed by atoms with E-state index in [9.17, 15) is 10.1 Å². The van der Waals surface area contributed by atoms with Gasteiger partial charge in [-0.15, -0.1) is 0 Å². The monoisotopic (exact) mass is 300 g/mol. The van der Waals surface area contributed by atoms with Crippen molar-refractivity contribution in [3.63, 3.8) is 0 Å². The maximum Gasteiger partial charge on any atom is 0.270 e. The lowest BCUT2D eigenvalue weighted by atomic mass is 10.0. The molecule has 108 valence electrons. The Balaban J connectivity index is 2.14. The second-order valence-electron chi connectivity index (χ2n) is 5.04. The van der Waals surface area contributed by atoms with E-state index in [0.717, 1.165) is 5.69 Å². The molecule has 4 nitrogen and oxygen atoms in total. The maximum atomic E-state index is 10.8. The van der Waals surface area contributed by atoms with Gasteiger partial charge in [-0.2, -0.15) is 0 Å². The normalized spacial score (nSPS) is 10.4. The molecule has 0 saturated carbocycles. The van der Waals surface area contributed by atoms with Crippen molar-refractivity contribution in [3.8, 4) is 0 Å². The second kappa shape index (κ2) is 6.45. The van der Waals surface area contributed by atoms with E-state index in [1.54, 1.807) is 12.1 Å². The zero-order valence-corrected chi connectivity index (χ0v) is 12.7. The molecule has 0 radical (unpaired) electrons. The van der Waals surface area contributed by atoms with Crippen molar-refractivity contribution >= 4 is 28.6 Å². The van der Waals surface area contributed by atoms with Crippen molar-refractivity contribution in [2.45, 2.75) is 19.8 Å². The molecule has 5 heteroatoms. The number of rotatable bonds is 4. The summed E-state index contributed by atoms with van der Waals surface area (Å²) in [5.74, 6) is 0.475. The topological polar surface area (TPSA) is 55.2 Å². The maximum absolute atomic E-state index is 10.8. The van der Waals surface area contributed by atoms with E-state index in [0.29, 0.717) is 16.5 Å². The summed E-state index contributed by atoms with van der Waals surface area (Å²) in [5, 5.41) is 13.9. The number of nitrogens with one attached hydrogen (secondary N) is 1. The van der Waals surface area contributed by atoms with Crippen molar-refractivity contribution < 1.29 is 4.92 Å². The van der Waals surface area contributed by atoms with Crippen LogP contribution in [0.5, 0.6) is 0 Å². The van der Waals surface area contributed by atoms with Gasteiger partial charge in [0.2, 0.25) is 0 Å². The van der Waals surface area contributed by atoms with Crippen LogP contribution in [0, 0.1) is 10.1 Å². The molecule has 21 heavy (non-hydrogen) atoms. The number of nitrogens with zero attached hydrogens (tertiary/aromatic N) is 1. The minimum Gasteiger partial charge on any atom is -0.346 e. The number of nitro groups is 1. The summed E-state index contributed by atoms with van der Waals surface area (Å²) in [7, 11) is 0. The Hall–Kier alpha value is -2.27. The van der Waals surface area contributed by atoms with Gasteiger partial charge in [-0.1, -0.05) is 50.3 Å². The van der Waals surface area contributed by atoms with Gasteiger partial charge in [-0.25, -0.2) is 0 Å². The van der Waals surface area contributed by atoms with E-state index < -0.39 is 4.92 Å². The number of hydrogen-bond donors (Lipinski definition) is 1. The first-order valence-corrected chi connectivity index (χ1v) is 7.04. The number of benzene rings is 2. The highest BCUT2D eigenvalue weighted by Gasteiger charge is 2.09. The number of non-ortho nitro benzene ring substituents is 1. The summed E-state index contributed by atoms with van der Waals surface area (Å²) >= 11 is 5.30. The van der Waals surface area contributed by atoms with E-state index in [-0.39, 0.29) is 5.69 Å². The molecule has 2 aromatic rings. The number of anilines is 1.